The van der Waals surface area contributed by atoms with E-state index in [1.54, 1.807) is 19.1 Å². The Morgan fingerprint density at radius 3 is 2.95 bits per heavy atom. The number of Topliss-reactive ketones (excluding diaryl/α,β-unsaturated/α-hetero) is 1. The highest BCUT2D eigenvalue weighted by molar-refractivity contribution is 5.94. The van der Waals surface area contributed by atoms with Crippen LogP contribution < -0.4 is 4.74 Å². The summed E-state index contributed by atoms with van der Waals surface area (Å²) >= 11 is 0. The fourth-order valence-electron chi connectivity index (χ4n) is 2.81. The van der Waals surface area contributed by atoms with E-state index in [4.69, 9.17) is 9.47 Å². The summed E-state index contributed by atoms with van der Waals surface area (Å²) in [5.41, 5.74) is 0.678. The largest absolute Gasteiger partial charge is 0.491 e. The Bertz CT molecular complexity index is 475. The number of ether oxygens (including phenoxy) is 2. The highest BCUT2D eigenvalue weighted by atomic mass is 16.5. The van der Waals surface area contributed by atoms with Crippen LogP contribution in [0.25, 0.3) is 0 Å². The number of nitrogens with zero attached hydrogens (tertiary/aromatic N) is 1. The number of carbonyl (C=O) groups is 1. The van der Waals surface area contributed by atoms with Crippen molar-refractivity contribution in [2.45, 2.75) is 26.7 Å². The van der Waals surface area contributed by atoms with E-state index < -0.39 is 0 Å². The first-order valence-corrected chi connectivity index (χ1v) is 8.19. The van der Waals surface area contributed by atoms with Gasteiger partial charge in [0.15, 0.2) is 5.78 Å². The van der Waals surface area contributed by atoms with Gasteiger partial charge in [0.25, 0.3) is 0 Å². The molecule has 1 aliphatic heterocycles. The van der Waals surface area contributed by atoms with Crippen molar-refractivity contribution in [3.63, 3.8) is 0 Å². The second-order valence-corrected chi connectivity index (χ2v) is 6.09. The third kappa shape index (κ3) is 5.78. The van der Waals surface area contributed by atoms with E-state index in [2.05, 4.69) is 11.8 Å². The van der Waals surface area contributed by atoms with Gasteiger partial charge in [-0.2, -0.15) is 0 Å². The fraction of sp³-hybridized carbons (Fsp3) is 0.611. The minimum atomic E-state index is 0.0532. The Labute approximate surface area is 133 Å². The van der Waals surface area contributed by atoms with Gasteiger partial charge in [-0.25, -0.2) is 0 Å². The lowest BCUT2D eigenvalue weighted by molar-refractivity contribution is 0.0688. The third-order valence-corrected chi connectivity index (χ3v) is 4.03. The average Bonchev–Trinajstić information content (AvgIpc) is 2.51. The zero-order valence-corrected chi connectivity index (χ0v) is 13.7. The van der Waals surface area contributed by atoms with E-state index in [0.717, 1.165) is 24.8 Å². The molecule has 0 unspecified atom stereocenters. The maximum atomic E-state index is 11.3. The van der Waals surface area contributed by atoms with Crippen LogP contribution in [0.15, 0.2) is 24.3 Å². The maximum Gasteiger partial charge on any atom is 0.159 e. The molecule has 0 N–H and O–H groups in total. The molecular weight excluding hydrogens is 278 g/mol. The van der Waals surface area contributed by atoms with Crippen molar-refractivity contribution in [2.75, 3.05) is 39.5 Å². The van der Waals surface area contributed by atoms with Crippen molar-refractivity contribution < 1.29 is 14.3 Å². The van der Waals surface area contributed by atoms with Gasteiger partial charge in [-0.1, -0.05) is 19.1 Å². The van der Waals surface area contributed by atoms with Crippen molar-refractivity contribution in [1.82, 2.24) is 4.90 Å². The van der Waals surface area contributed by atoms with Crippen LogP contribution in [0, 0.1) is 5.92 Å². The van der Waals surface area contributed by atoms with Crippen LogP contribution in [0.4, 0.5) is 0 Å². The molecule has 1 saturated heterocycles. The Morgan fingerprint density at radius 2 is 2.18 bits per heavy atom. The molecule has 0 radical (unpaired) electrons. The molecule has 0 aliphatic carbocycles. The molecule has 1 heterocycles. The van der Waals surface area contributed by atoms with Crippen LogP contribution in [-0.4, -0.2) is 50.1 Å². The SMILES string of the molecule is CC(=O)c1cccc(OCCOCCN2CCC[C@H](C)C2)c1. The van der Waals surface area contributed by atoms with E-state index >= 15 is 0 Å². The predicted molar refractivity (Wildman–Crippen MR) is 87.6 cm³/mol. The summed E-state index contributed by atoms with van der Waals surface area (Å²) in [6.07, 6.45) is 2.65. The molecule has 0 saturated carbocycles. The molecule has 4 nitrogen and oxygen atoms in total. The van der Waals surface area contributed by atoms with Crippen LogP contribution in [-0.2, 0) is 4.74 Å². The Balaban J connectivity index is 1.57. The molecule has 0 spiro atoms. The minimum absolute atomic E-state index is 0.0532. The van der Waals surface area contributed by atoms with Gasteiger partial charge in [0.1, 0.15) is 12.4 Å². The molecule has 1 aromatic rings. The van der Waals surface area contributed by atoms with Crippen LogP contribution in [0.2, 0.25) is 0 Å². The molecule has 1 atom stereocenters. The van der Waals surface area contributed by atoms with Crippen molar-refractivity contribution in [3.05, 3.63) is 29.8 Å². The second-order valence-electron chi connectivity index (χ2n) is 6.09. The summed E-state index contributed by atoms with van der Waals surface area (Å²) in [4.78, 5) is 13.8. The van der Waals surface area contributed by atoms with Gasteiger partial charge in [-0.3, -0.25) is 4.79 Å². The molecule has 0 bridgehead atoms. The van der Waals surface area contributed by atoms with Crippen molar-refractivity contribution in [2.24, 2.45) is 5.92 Å². The minimum Gasteiger partial charge on any atom is -0.491 e. The van der Waals surface area contributed by atoms with Crippen LogP contribution >= 0.6 is 0 Å². The van der Waals surface area contributed by atoms with Gasteiger partial charge >= 0.3 is 0 Å². The van der Waals surface area contributed by atoms with E-state index in [0.29, 0.717) is 18.8 Å². The number of likely N-dealkylation sites (tertiary alicyclic amines) is 1. The quantitative estimate of drug-likeness (QED) is 0.547. The number of hydrogen-bond donors (Lipinski definition) is 0. The Kier molecular flexibility index (Phi) is 6.87. The average molecular weight is 305 g/mol. The molecule has 1 fully saturated rings. The number of hydrogen-bond acceptors (Lipinski definition) is 4. The zero-order chi connectivity index (χ0) is 15.8. The van der Waals surface area contributed by atoms with Crippen molar-refractivity contribution in [3.8, 4) is 5.75 Å². The van der Waals surface area contributed by atoms with Gasteiger partial charge in [0.05, 0.1) is 13.2 Å². The molecule has 1 aromatic carbocycles. The first-order chi connectivity index (χ1) is 10.6. The first-order valence-electron chi connectivity index (χ1n) is 8.19. The number of benzene rings is 1. The number of ketones is 1. The topological polar surface area (TPSA) is 38.8 Å². The lowest BCUT2D eigenvalue weighted by Gasteiger charge is -2.30. The first kappa shape index (κ1) is 17.0. The normalized spacial score (nSPS) is 19.1. The van der Waals surface area contributed by atoms with Crippen molar-refractivity contribution in [1.29, 1.82) is 0 Å². The molecule has 4 heteroatoms. The summed E-state index contributed by atoms with van der Waals surface area (Å²) in [6.45, 7) is 9.11. The van der Waals surface area contributed by atoms with E-state index in [-0.39, 0.29) is 5.78 Å². The summed E-state index contributed by atoms with van der Waals surface area (Å²) in [7, 11) is 0. The molecular formula is C18H27NO3. The van der Waals surface area contributed by atoms with E-state index in [1.165, 1.54) is 25.9 Å². The van der Waals surface area contributed by atoms with Crippen LogP contribution in [0.1, 0.15) is 37.0 Å². The molecule has 0 aromatic heterocycles. The zero-order valence-electron chi connectivity index (χ0n) is 13.7. The number of carbonyl (C=O) groups excluding carboxylic acids is 1. The van der Waals surface area contributed by atoms with Gasteiger partial charge in [-0.05, 0) is 44.4 Å². The fourth-order valence-corrected chi connectivity index (χ4v) is 2.81. The standard InChI is InChI=1S/C18H27NO3/c1-15-5-4-8-19(14-15)9-10-21-11-12-22-18-7-3-6-17(13-18)16(2)20/h3,6-7,13,15H,4-5,8-12,14H2,1-2H3/t15-/m0/s1. The maximum absolute atomic E-state index is 11.3. The van der Waals surface area contributed by atoms with E-state index in [9.17, 15) is 4.79 Å². The van der Waals surface area contributed by atoms with Gasteiger partial charge < -0.3 is 14.4 Å². The highest BCUT2D eigenvalue weighted by Crippen LogP contribution is 2.15. The highest BCUT2D eigenvalue weighted by Gasteiger charge is 2.15. The summed E-state index contributed by atoms with van der Waals surface area (Å²) in [6, 6.07) is 7.27. The van der Waals surface area contributed by atoms with Gasteiger partial charge in [-0.15, -0.1) is 0 Å². The Morgan fingerprint density at radius 1 is 1.32 bits per heavy atom. The molecule has 0 amide bonds. The monoisotopic (exact) mass is 305 g/mol. The lowest BCUT2D eigenvalue weighted by atomic mass is 10.0. The number of rotatable bonds is 8. The third-order valence-electron chi connectivity index (χ3n) is 4.03. The molecule has 1 aliphatic rings. The van der Waals surface area contributed by atoms with Gasteiger partial charge in [0, 0.05) is 18.7 Å². The summed E-state index contributed by atoms with van der Waals surface area (Å²) < 4.78 is 11.3. The number of piperidine rings is 1. The van der Waals surface area contributed by atoms with Crippen LogP contribution in [0.3, 0.4) is 0 Å². The Hall–Kier alpha value is -1.39. The van der Waals surface area contributed by atoms with Gasteiger partial charge in [0.2, 0.25) is 0 Å². The lowest BCUT2D eigenvalue weighted by Crippen LogP contribution is -2.36. The second kappa shape index (κ2) is 8.91. The smallest absolute Gasteiger partial charge is 0.159 e. The molecule has 22 heavy (non-hydrogen) atoms. The van der Waals surface area contributed by atoms with Crippen LogP contribution in [0.5, 0.6) is 5.75 Å². The van der Waals surface area contributed by atoms with E-state index in [1.807, 2.05) is 12.1 Å². The predicted octanol–water partition coefficient (Wildman–Crippen LogP) is 3.02. The summed E-state index contributed by atoms with van der Waals surface area (Å²) in [5.74, 6) is 1.59. The molecule has 122 valence electrons. The van der Waals surface area contributed by atoms with Crippen molar-refractivity contribution >= 4 is 5.78 Å². The summed E-state index contributed by atoms with van der Waals surface area (Å²) in [5, 5.41) is 0. The molecule has 2 rings (SSSR count).